The second-order valence-electron chi connectivity index (χ2n) is 3.87. The monoisotopic (exact) mass is 285 g/mol. The van der Waals surface area contributed by atoms with Gasteiger partial charge in [0.2, 0.25) is 10.0 Å². The Balaban J connectivity index is 2.79. The van der Waals surface area contributed by atoms with Crippen molar-refractivity contribution in [3.05, 3.63) is 41.3 Å². The summed E-state index contributed by atoms with van der Waals surface area (Å²) in [5.74, 6) is 0. The predicted molar refractivity (Wildman–Crippen MR) is 74.9 cm³/mol. The number of hydrogen-bond acceptors (Lipinski definition) is 4. The van der Waals surface area contributed by atoms with Crippen molar-refractivity contribution in [3.8, 4) is 0 Å². The minimum atomic E-state index is -3.54. The van der Waals surface area contributed by atoms with E-state index in [1.807, 2.05) is 30.3 Å². The molecule has 106 valence electrons. The molecule has 0 aromatic heterocycles. The Kier molecular flexibility index (Phi) is 6.72. The number of hydrogen-bond donors (Lipinski definition) is 1. The lowest BCUT2D eigenvalue weighted by molar-refractivity contribution is 0.169. The zero-order valence-corrected chi connectivity index (χ0v) is 11.7. The van der Waals surface area contributed by atoms with Crippen LogP contribution in [0.5, 0.6) is 0 Å². The number of sulfonamides is 1. The third-order valence-corrected chi connectivity index (χ3v) is 4.05. The lowest BCUT2D eigenvalue weighted by Crippen LogP contribution is -2.34. The Morgan fingerprint density at radius 3 is 2.53 bits per heavy atom. The third kappa shape index (κ3) is 5.52. The van der Waals surface area contributed by atoms with Gasteiger partial charge in [-0.2, -0.15) is 4.31 Å². The van der Waals surface area contributed by atoms with Gasteiger partial charge in [0.05, 0.1) is 13.2 Å². The van der Waals surface area contributed by atoms with Crippen molar-refractivity contribution in [1.82, 2.24) is 4.31 Å². The van der Waals surface area contributed by atoms with Crippen molar-refractivity contribution in [2.45, 2.75) is 0 Å². The van der Waals surface area contributed by atoms with Gasteiger partial charge in [-0.3, -0.25) is 0 Å². The molecule has 0 heterocycles. The summed E-state index contributed by atoms with van der Waals surface area (Å²) < 4.78 is 30.2. The van der Waals surface area contributed by atoms with Crippen molar-refractivity contribution in [3.63, 3.8) is 0 Å². The maximum absolute atomic E-state index is 12.1. The highest BCUT2D eigenvalue weighted by Crippen LogP contribution is 2.07. The first kappa shape index (κ1) is 15.8. The summed E-state index contributed by atoms with van der Waals surface area (Å²) in [5, 5.41) is 10.1. The molecule has 5 nitrogen and oxygen atoms in total. The maximum Gasteiger partial charge on any atom is 0.236 e. The Morgan fingerprint density at radius 2 is 1.95 bits per heavy atom. The van der Waals surface area contributed by atoms with Crippen LogP contribution in [0.1, 0.15) is 5.56 Å². The summed E-state index contributed by atoms with van der Waals surface area (Å²) in [6.45, 7) is 0.351. The molecule has 1 aromatic carbocycles. The minimum Gasteiger partial charge on any atom is -0.395 e. The van der Waals surface area contributed by atoms with E-state index < -0.39 is 10.0 Å². The van der Waals surface area contributed by atoms with Gasteiger partial charge in [-0.05, 0) is 11.6 Å². The molecule has 1 N–H and O–H groups in total. The van der Waals surface area contributed by atoms with Crippen LogP contribution in [0.2, 0.25) is 0 Å². The Morgan fingerprint density at radius 1 is 1.26 bits per heavy atom. The molecule has 0 aliphatic carbocycles. The molecule has 1 aromatic rings. The standard InChI is InChI=1S/C13H19NO4S/c1-18-11-9-14(8-10-15)19(16,17)12-7-13-5-3-2-4-6-13/h2-7,12,15H,8-11H2,1H3/b12-7+. The van der Waals surface area contributed by atoms with Crippen molar-refractivity contribution in [2.75, 3.05) is 33.4 Å². The van der Waals surface area contributed by atoms with Crippen LogP contribution in [0.4, 0.5) is 0 Å². The van der Waals surface area contributed by atoms with E-state index >= 15 is 0 Å². The van der Waals surface area contributed by atoms with Crippen LogP contribution in [-0.4, -0.2) is 51.2 Å². The van der Waals surface area contributed by atoms with Crippen LogP contribution in [0.15, 0.2) is 35.7 Å². The van der Waals surface area contributed by atoms with Gasteiger partial charge >= 0.3 is 0 Å². The summed E-state index contributed by atoms with van der Waals surface area (Å²) >= 11 is 0. The van der Waals surface area contributed by atoms with E-state index in [1.165, 1.54) is 17.5 Å². The van der Waals surface area contributed by atoms with Gasteiger partial charge in [-0.15, -0.1) is 0 Å². The number of aliphatic hydroxyl groups is 1. The summed E-state index contributed by atoms with van der Waals surface area (Å²) in [6.07, 6.45) is 1.53. The van der Waals surface area contributed by atoms with Crippen LogP contribution < -0.4 is 0 Å². The topological polar surface area (TPSA) is 66.8 Å². The molecular formula is C13H19NO4S. The van der Waals surface area contributed by atoms with Crippen molar-refractivity contribution >= 4 is 16.1 Å². The predicted octanol–water partition coefficient (Wildman–Crippen LogP) is 0.928. The average Bonchev–Trinajstić information content (AvgIpc) is 2.42. The number of rotatable bonds is 8. The van der Waals surface area contributed by atoms with Crippen LogP contribution in [0.3, 0.4) is 0 Å². The van der Waals surface area contributed by atoms with Gasteiger partial charge in [-0.1, -0.05) is 30.3 Å². The number of ether oxygens (including phenoxy) is 1. The molecule has 0 atom stereocenters. The van der Waals surface area contributed by atoms with Crippen LogP contribution in [-0.2, 0) is 14.8 Å². The fourth-order valence-electron chi connectivity index (χ4n) is 1.49. The van der Waals surface area contributed by atoms with E-state index in [2.05, 4.69) is 0 Å². The largest absolute Gasteiger partial charge is 0.395 e. The molecule has 0 fully saturated rings. The molecule has 6 heteroatoms. The molecule has 19 heavy (non-hydrogen) atoms. The molecule has 0 aliphatic rings. The van der Waals surface area contributed by atoms with E-state index in [0.717, 1.165) is 11.0 Å². The SMILES string of the molecule is COCCN(CCO)S(=O)(=O)/C=C/c1ccccc1. The first-order valence-corrected chi connectivity index (χ1v) is 7.43. The summed E-state index contributed by atoms with van der Waals surface area (Å²) in [7, 11) is -2.04. The Labute approximate surface area is 114 Å². The summed E-state index contributed by atoms with van der Waals surface area (Å²) in [6, 6.07) is 9.17. The van der Waals surface area contributed by atoms with Crippen molar-refractivity contribution in [1.29, 1.82) is 0 Å². The molecule has 0 saturated heterocycles. The maximum atomic E-state index is 12.1. The first-order valence-electron chi connectivity index (χ1n) is 5.93. The molecule has 0 radical (unpaired) electrons. The average molecular weight is 285 g/mol. The molecule has 1 rings (SSSR count). The van der Waals surface area contributed by atoms with E-state index in [9.17, 15) is 8.42 Å². The molecular weight excluding hydrogens is 266 g/mol. The number of aliphatic hydroxyl groups excluding tert-OH is 1. The Hall–Kier alpha value is -1.21. The normalized spacial score (nSPS) is 12.4. The van der Waals surface area contributed by atoms with Crippen LogP contribution >= 0.6 is 0 Å². The second kappa shape index (κ2) is 8.06. The highest BCUT2D eigenvalue weighted by atomic mass is 32.2. The zero-order chi connectivity index (χ0) is 14.1. The van der Waals surface area contributed by atoms with Crippen molar-refractivity contribution < 1.29 is 18.3 Å². The van der Waals surface area contributed by atoms with E-state index in [1.54, 1.807) is 0 Å². The lowest BCUT2D eigenvalue weighted by atomic mass is 10.2. The third-order valence-electron chi connectivity index (χ3n) is 2.49. The molecule has 0 bridgehead atoms. The highest BCUT2D eigenvalue weighted by molar-refractivity contribution is 7.92. The number of nitrogens with zero attached hydrogens (tertiary/aromatic N) is 1. The lowest BCUT2D eigenvalue weighted by Gasteiger charge is -2.18. The first-order chi connectivity index (χ1) is 9.10. The van der Waals surface area contributed by atoms with Gasteiger partial charge in [-0.25, -0.2) is 8.42 Å². The van der Waals surface area contributed by atoms with Gasteiger partial charge < -0.3 is 9.84 Å². The van der Waals surface area contributed by atoms with Crippen molar-refractivity contribution in [2.24, 2.45) is 0 Å². The van der Waals surface area contributed by atoms with Crippen LogP contribution in [0.25, 0.3) is 6.08 Å². The van der Waals surface area contributed by atoms with Gasteiger partial charge in [0.25, 0.3) is 0 Å². The van der Waals surface area contributed by atoms with Gasteiger partial charge in [0.15, 0.2) is 0 Å². The fourth-order valence-corrected chi connectivity index (χ4v) is 2.65. The van der Waals surface area contributed by atoms with Gasteiger partial charge in [0.1, 0.15) is 0 Å². The smallest absolute Gasteiger partial charge is 0.236 e. The molecule has 0 unspecified atom stereocenters. The van der Waals surface area contributed by atoms with E-state index in [4.69, 9.17) is 9.84 Å². The molecule has 0 aliphatic heterocycles. The highest BCUT2D eigenvalue weighted by Gasteiger charge is 2.17. The number of benzene rings is 1. The zero-order valence-electron chi connectivity index (χ0n) is 10.9. The molecule has 0 saturated carbocycles. The summed E-state index contributed by atoms with van der Waals surface area (Å²) in [4.78, 5) is 0. The fraction of sp³-hybridized carbons (Fsp3) is 0.385. The van der Waals surface area contributed by atoms with E-state index in [-0.39, 0.29) is 19.7 Å². The van der Waals surface area contributed by atoms with Crippen LogP contribution in [0, 0.1) is 0 Å². The number of methoxy groups -OCH3 is 1. The minimum absolute atomic E-state index is 0.0603. The molecule has 0 amide bonds. The van der Waals surface area contributed by atoms with Gasteiger partial charge in [0, 0.05) is 25.6 Å². The molecule has 0 spiro atoms. The summed E-state index contributed by atoms with van der Waals surface area (Å²) in [5.41, 5.74) is 0.807. The Bertz CT molecular complexity index is 485. The second-order valence-corrected chi connectivity index (χ2v) is 5.69. The van der Waals surface area contributed by atoms with E-state index in [0.29, 0.717) is 6.61 Å². The quantitative estimate of drug-likeness (QED) is 0.771.